The van der Waals surface area contributed by atoms with Crippen molar-refractivity contribution in [3.05, 3.63) is 52.9 Å². The van der Waals surface area contributed by atoms with Gasteiger partial charge in [-0.25, -0.2) is 9.97 Å². The lowest BCUT2D eigenvalue weighted by molar-refractivity contribution is 0.0999. The molecule has 3 N–H and O–H groups in total. The highest BCUT2D eigenvalue weighted by atomic mass is 35.5. The Bertz CT molecular complexity index is 1210. The number of nitrogens with two attached hydrogens (primary N) is 1. The maximum Gasteiger partial charge on any atom is 0.249 e. The molecule has 3 heterocycles. The van der Waals surface area contributed by atoms with Gasteiger partial charge in [-0.3, -0.25) is 9.48 Å². The van der Waals surface area contributed by atoms with Crippen molar-refractivity contribution in [2.45, 2.75) is 31.7 Å². The maximum atomic E-state index is 11.8. The Morgan fingerprint density at radius 2 is 2.09 bits per heavy atom. The van der Waals surface area contributed by atoms with E-state index in [0.29, 0.717) is 39.4 Å². The van der Waals surface area contributed by atoms with Gasteiger partial charge in [0.1, 0.15) is 0 Å². The zero-order valence-electron chi connectivity index (χ0n) is 18.5. The van der Waals surface area contributed by atoms with Gasteiger partial charge >= 0.3 is 0 Å². The molecule has 0 unspecified atom stereocenters. The quantitative estimate of drug-likeness (QED) is 0.569. The summed E-state index contributed by atoms with van der Waals surface area (Å²) in [6.07, 6.45) is 7.35. The van der Waals surface area contributed by atoms with Gasteiger partial charge in [-0.05, 0) is 57.6 Å². The first-order valence-electron chi connectivity index (χ1n) is 10.7. The van der Waals surface area contributed by atoms with Crippen LogP contribution in [0.25, 0.3) is 11.3 Å². The number of nitrogens with one attached hydrogen (secondary N) is 1. The summed E-state index contributed by atoms with van der Waals surface area (Å²) < 4.78 is 1.99. The molecule has 3 aromatic rings. The minimum absolute atomic E-state index is 0.303. The number of primary amides is 1. The largest absolute Gasteiger partial charge is 0.366 e. The number of aromatic nitrogens is 4. The van der Waals surface area contributed by atoms with E-state index in [4.69, 9.17) is 17.3 Å². The lowest BCUT2D eigenvalue weighted by atomic mass is 9.93. The fourth-order valence-corrected chi connectivity index (χ4v) is 4.18. The number of halogens is 1. The topological polar surface area (TPSA) is 126 Å². The van der Waals surface area contributed by atoms with Crippen molar-refractivity contribution in [2.24, 2.45) is 5.73 Å². The SMILES string of the molecule is C[C@@H](C#N)c1cc(-c2nc(Nc3cnn(C4CCN(C)CC4)c3)ncc2Cl)ccc1C(N)=O. The fraction of sp³-hybridized carbons (Fsp3) is 0.348. The number of anilines is 2. The van der Waals surface area contributed by atoms with E-state index in [1.54, 1.807) is 31.3 Å². The zero-order chi connectivity index (χ0) is 23.5. The van der Waals surface area contributed by atoms with Crippen LogP contribution >= 0.6 is 11.6 Å². The molecule has 1 aliphatic rings. The first-order valence-corrected chi connectivity index (χ1v) is 11.1. The van der Waals surface area contributed by atoms with Crippen LogP contribution in [0.4, 0.5) is 11.6 Å². The second-order valence-corrected chi connectivity index (χ2v) is 8.68. The van der Waals surface area contributed by atoms with Crippen molar-refractivity contribution >= 4 is 29.1 Å². The van der Waals surface area contributed by atoms with Gasteiger partial charge in [0.05, 0.1) is 46.8 Å². The number of nitrogens with zero attached hydrogens (tertiary/aromatic N) is 6. The molecule has 0 aliphatic carbocycles. The average Bonchev–Trinajstić information content (AvgIpc) is 3.28. The first-order chi connectivity index (χ1) is 15.9. The summed E-state index contributed by atoms with van der Waals surface area (Å²) in [6, 6.07) is 7.56. The van der Waals surface area contributed by atoms with Crippen LogP contribution in [-0.4, -0.2) is 50.7 Å². The Morgan fingerprint density at radius 3 is 2.79 bits per heavy atom. The number of amides is 1. The number of likely N-dealkylation sites (tertiary alicyclic amines) is 1. The molecule has 33 heavy (non-hydrogen) atoms. The van der Waals surface area contributed by atoms with E-state index < -0.39 is 11.8 Å². The van der Waals surface area contributed by atoms with Crippen molar-refractivity contribution in [2.75, 3.05) is 25.5 Å². The first kappa shape index (κ1) is 22.7. The maximum absolute atomic E-state index is 11.8. The van der Waals surface area contributed by atoms with Gasteiger partial charge in [0, 0.05) is 17.3 Å². The second-order valence-electron chi connectivity index (χ2n) is 8.28. The van der Waals surface area contributed by atoms with E-state index in [2.05, 4.69) is 38.4 Å². The molecular weight excluding hydrogens is 440 g/mol. The zero-order valence-corrected chi connectivity index (χ0v) is 19.3. The molecule has 1 aromatic carbocycles. The van der Waals surface area contributed by atoms with Crippen molar-refractivity contribution < 1.29 is 4.79 Å². The van der Waals surface area contributed by atoms with Crippen molar-refractivity contribution in [1.29, 1.82) is 5.26 Å². The number of benzene rings is 1. The molecule has 1 aliphatic heterocycles. The summed E-state index contributed by atoms with van der Waals surface area (Å²) in [4.78, 5) is 23.0. The minimum Gasteiger partial charge on any atom is -0.366 e. The van der Waals surface area contributed by atoms with Gasteiger partial charge in [0.25, 0.3) is 0 Å². The average molecular weight is 465 g/mol. The molecule has 0 saturated carbocycles. The van der Waals surface area contributed by atoms with Gasteiger partial charge in [-0.2, -0.15) is 10.4 Å². The van der Waals surface area contributed by atoms with Crippen LogP contribution in [0.3, 0.4) is 0 Å². The van der Waals surface area contributed by atoms with Gasteiger partial charge in [0.2, 0.25) is 11.9 Å². The third-order valence-corrected chi connectivity index (χ3v) is 6.19. The molecular formula is C23H25ClN8O. The normalized spacial score (nSPS) is 15.7. The van der Waals surface area contributed by atoms with Crippen molar-refractivity contribution in [3.63, 3.8) is 0 Å². The summed E-state index contributed by atoms with van der Waals surface area (Å²) in [5.74, 6) is -0.737. The standard InChI is InChI=1S/C23H25ClN8O/c1-14(10-25)19-9-15(3-4-18(19)22(26)33)21-20(24)12-27-23(30-21)29-16-11-28-32(13-16)17-5-7-31(2)8-6-17/h3-4,9,11-14,17H,5-8H2,1-2H3,(H2,26,33)(H,27,29,30)/t14-/m0/s1. The Kier molecular flexibility index (Phi) is 6.58. The highest BCUT2D eigenvalue weighted by molar-refractivity contribution is 6.32. The Labute approximate surface area is 197 Å². The van der Waals surface area contributed by atoms with Crippen LogP contribution in [0.2, 0.25) is 5.02 Å². The van der Waals surface area contributed by atoms with Crippen LogP contribution in [-0.2, 0) is 0 Å². The fourth-order valence-electron chi connectivity index (χ4n) is 3.98. The van der Waals surface area contributed by atoms with E-state index in [1.807, 2.05) is 10.9 Å². The van der Waals surface area contributed by atoms with Crippen LogP contribution < -0.4 is 11.1 Å². The molecule has 1 fully saturated rings. The third-order valence-electron chi connectivity index (χ3n) is 5.91. The monoisotopic (exact) mass is 464 g/mol. The van der Waals surface area contributed by atoms with E-state index in [1.165, 1.54) is 6.20 Å². The molecule has 4 rings (SSSR count). The number of rotatable bonds is 6. The van der Waals surface area contributed by atoms with Crippen LogP contribution in [0, 0.1) is 11.3 Å². The predicted octanol–water partition coefficient (Wildman–Crippen LogP) is 3.73. The summed E-state index contributed by atoms with van der Waals surface area (Å²) in [5, 5.41) is 17.4. The smallest absolute Gasteiger partial charge is 0.249 e. The van der Waals surface area contributed by atoms with E-state index in [9.17, 15) is 10.1 Å². The van der Waals surface area contributed by atoms with Crippen LogP contribution in [0.1, 0.15) is 47.6 Å². The molecule has 170 valence electrons. The lowest BCUT2D eigenvalue weighted by Crippen LogP contribution is -2.31. The Hall–Kier alpha value is -3.48. The molecule has 1 saturated heterocycles. The van der Waals surface area contributed by atoms with Gasteiger partial charge in [-0.1, -0.05) is 17.7 Å². The third kappa shape index (κ3) is 4.97. The number of piperidine rings is 1. The van der Waals surface area contributed by atoms with Crippen molar-refractivity contribution in [1.82, 2.24) is 24.6 Å². The molecule has 1 amide bonds. The van der Waals surface area contributed by atoms with Gasteiger partial charge in [0.15, 0.2) is 0 Å². The highest BCUT2D eigenvalue weighted by Crippen LogP contribution is 2.31. The summed E-state index contributed by atoms with van der Waals surface area (Å²) in [7, 11) is 2.13. The molecule has 2 aromatic heterocycles. The van der Waals surface area contributed by atoms with Gasteiger partial charge in [-0.15, -0.1) is 0 Å². The number of nitriles is 1. The number of carbonyl (C=O) groups excluding carboxylic acids is 1. The number of hydrogen-bond donors (Lipinski definition) is 2. The molecule has 10 heteroatoms. The summed E-state index contributed by atoms with van der Waals surface area (Å²) >= 11 is 6.39. The summed E-state index contributed by atoms with van der Waals surface area (Å²) in [6.45, 7) is 3.82. The highest BCUT2D eigenvalue weighted by Gasteiger charge is 2.20. The van der Waals surface area contributed by atoms with E-state index in [0.717, 1.165) is 31.6 Å². The number of carbonyl (C=O) groups is 1. The lowest BCUT2D eigenvalue weighted by Gasteiger charge is -2.28. The van der Waals surface area contributed by atoms with Crippen LogP contribution in [0.15, 0.2) is 36.8 Å². The Morgan fingerprint density at radius 1 is 1.33 bits per heavy atom. The molecule has 0 bridgehead atoms. The summed E-state index contributed by atoms with van der Waals surface area (Å²) in [5.41, 5.74) is 8.24. The Balaban J connectivity index is 1.59. The predicted molar refractivity (Wildman–Crippen MR) is 126 cm³/mol. The van der Waals surface area contributed by atoms with Crippen LogP contribution in [0.5, 0.6) is 0 Å². The molecule has 9 nitrogen and oxygen atoms in total. The molecule has 0 radical (unpaired) electrons. The van der Waals surface area contributed by atoms with E-state index in [-0.39, 0.29) is 0 Å². The number of hydrogen-bond acceptors (Lipinski definition) is 7. The van der Waals surface area contributed by atoms with Crippen molar-refractivity contribution in [3.8, 4) is 17.3 Å². The van der Waals surface area contributed by atoms with Gasteiger partial charge < -0.3 is 16.0 Å². The minimum atomic E-state index is -0.587. The molecule has 1 atom stereocenters. The molecule has 0 spiro atoms. The second kappa shape index (κ2) is 9.57. The van der Waals surface area contributed by atoms with E-state index >= 15 is 0 Å².